The van der Waals surface area contributed by atoms with Crippen LogP contribution >= 0.6 is 24.0 Å². The lowest BCUT2D eigenvalue weighted by molar-refractivity contribution is -0.138. The fourth-order valence-corrected chi connectivity index (χ4v) is 2.43. The highest BCUT2D eigenvalue weighted by Crippen LogP contribution is 2.23. The smallest absolute Gasteiger partial charge is 0.317 e. The van der Waals surface area contributed by atoms with E-state index >= 15 is 0 Å². The number of carbonyl (C=O) groups is 2. The molecule has 10 heteroatoms. The van der Waals surface area contributed by atoms with Crippen LogP contribution < -0.4 is 5.32 Å². The third-order valence-electron chi connectivity index (χ3n) is 3.16. The van der Waals surface area contributed by atoms with Gasteiger partial charge in [-0.15, -0.1) is 12.4 Å². The number of nitrogens with zero attached hydrogens (tertiary/aromatic N) is 4. The number of carbonyl (C=O) groups excluding carboxylic acids is 1. The van der Waals surface area contributed by atoms with Gasteiger partial charge in [-0.25, -0.2) is 9.67 Å². The third kappa shape index (κ3) is 6.33. The number of hydrogen-bond donors (Lipinski definition) is 2. The fraction of sp³-hybridized carbons (Fsp3) is 0.333. The summed E-state index contributed by atoms with van der Waals surface area (Å²) in [5.41, 5.74) is 1.09. The summed E-state index contributed by atoms with van der Waals surface area (Å²) in [5, 5.41) is 16.2. The predicted octanol–water partition coefficient (Wildman–Crippen LogP) is 2.08. The highest BCUT2D eigenvalue weighted by molar-refractivity contribution is 6.31. The summed E-state index contributed by atoms with van der Waals surface area (Å²) in [5.74, 6) is -1.30. The standard InChI is InChI=1S/C15H18ClN5O3.ClH/c1-2-5-20(8-15(23)24)7-14(22)19-12-6-11(16)3-4-13(12)21-10-17-9-18-21;/h3-4,6,9-10H,2,5,7-8H2,1H3,(H,19,22)(H,23,24);1H. The summed E-state index contributed by atoms with van der Waals surface area (Å²) in [7, 11) is 0. The number of halogens is 2. The lowest BCUT2D eigenvalue weighted by Gasteiger charge is -2.19. The van der Waals surface area contributed by atoms with Gasteiger partial charge in [-0.05, 0) is 31.2 Å². The van der Waals surface area contributed by atoms with Crippen LogP contribution in [-0.4, -0.2) is 56.3 Å². The molecule has 0 atom stereocenters. The van der Waals surface area contributed by atoms with Gasteiger partial charge in [0.15, 0.2) is 0 Å². The molecule has 0 saturated heterocycles. The van der Waals surface area contributed by atoms with Crippen LogP contribution in [-0.2, 0) is 9.59 Å². The number of aliphatic carboxylic acids is 1. The molecule has 2 rings (SSSR count). The first-order valence-electron chi connectivity index (χ1n) is 7.38. The Morgan fingerprint density at radius 2 is 2.12 bits per heavy atom. The second-order valence-corrected chi connectivity index (χ2v) is 5.59. The molecular formula is C15H19Cl2N5O3. The maximum atomic E-state index is 12.3. The summed E-state index contributed by atoms with van der Waals surface area (Å²) in [4.78, 5) is 28.6. The fourth-order valence-electron chi connectivity index (χ4n) is 2.26. The third-order valence-corrected chi connectivity index (χ3v) is 3.40. The lowest BCUT2D eigenvalue weighted by Crippen LogP contribution is -2.37. The molecule has 0 saturated carbocycles. The number of carboxylic acids is 1. The summed E-state index contributed by atoms with van der Waals surface area (Å²) in [6.45, 7) is 2.23. The Bertz CT molecular complexity index is 709. The largest absolute Gasteiger partial charge is 0.480 e. The number of carboxylic acid groups (broad SMARTS) is 1. The molecule has 0 aliphatic heterocycles. The van der Waals surface area contributed by atoms with E-state index in [0.717, 1.165) is 6.42 Å². The average Bonchev–Trinajstić information content (AvgIpc) is 3.00. The molecule has 2 N–H and O–H groups in total. The van der Waals surface area contributed by atoms with Gasteiger partial charge in [-0.3, -0.25) is 14.5 Å². The SMILES string of the molecule is CCCN(CC(=O)O)CC(=O)Nc1cc(Cl)ccc1-n1cncn1.Cl. The van der Waals surface area contributed by atoms with E-state index < -0.39 is 5.97 Å². The molecule has 0 aliphatic rings. The molecule has 25 heavy (non-hydrogen) atoms. The Morgan fingerprint density at radius 1 is 1.36 bits per heavy atom. The Kier molecular flexibility index (Phi) is 8.33. The van der Waals surface area contributed by atoms with Crippen LogP contribution in [0.25, 0.3) is 5.69 Å². The zero-order chi connectivity index (χ0) is 17.5. The number of benzene rings is 1. The van der Waals surface area contributed by atoms with Crippen LogP contribution in [0, 0.1) is 0 Å². The normalized spacial score (nSPS) is 10.4. The zero-order valence-electron chi connectivity index (χ0n) is 13.6. The molecule has 0 unspecified atom stereocenters. The van der Waals surface area contributed by atoms with Crippen molar-refractivity contribution >= 4 is 41.6 Å². The molecule has 0 aliphatic carbocycles. The van der Waals surface area contributed by atoms with Crippen molar-refractivity contribution in [3.05, 3.63) is 35.9 Å². The molecule has 0 radical (unpaired) electrons. The van der Waals surface area contributed by atoms with E-state index in [2.05, 4.69) is 15.4 Å². The van der Waals surface area contributed by atoms with Crippen molar-refractivity contribution in [1.29, 1.82) is 0 Å². The van der Waals surface area contributed by atoms with Gasteiger partial charge in [-0.1, -0.05) is 18.5 Å². The quantitative estimate of drug-likeness (QED) is 0.718. The van der Waals surface area contributed by atoms with Gasteiger partial charge >= 0.3 is 5.97 Å². The van der Waals surface area contributed by atoms with Gasteiger partial charge in [0.2, 0.25) is 5.91 Å². The number of nitrogens with one attached hydrogen (secondary N) is 1. The van der Waals surface area contributed by atoms with E-state index in [1.54, 1.807) is 23.1 Å². The minimum absolute atomic E-state index is 0. The van der Waals surface area contributed by atoms with Crippen molar-refractivity contribution in [1.82, 2.24) is 19.7 Å². The first-order valence-corrected chi connectivity index (χ1v) is 7.76. The van der Waals surface area contributed by atoms with E-state index in [1.165, 1.54) is 17.3 Å². The first kappa shape index (κ1) is 20.9. The minimum Gasteiger partial charge on any atom is -0.480 e. The summed E-state index contributed by atoms with van der Waals surface area (Å²) >= 11 is 6.00. The number of aromatic nitrogens is 3. The predicted molar refractivity (Wildman–Crippen MR) is 96.6 cm³/mol. The molecule has 1 amide bonds. The zero-order valence-corrected chi connectivity index (χ0v) is 15.1. The lowest BCUT2D eigenvalue weighted by atomic mass is 10.2. The van der Waals surface area contributed by atoms with Gasteiger partial charge in [0.1, 0.15) is 12.7 Å². The average molecular weight is 388 g/mol. The number of rotatable bonds is 8. The molecular weight excluding hydrogens is 369 g/mol. The molecule has 0 spiro atoms. The second kappa shape index (κ2) is 9.97. The van der Waals surface area contributed by atoms with Gasteiger partial charge in [0.05, 0.1) is 24.5 Å². The van der Waals surface area contributed by atoms with Gasteiger partial charge in [0.25, 0.3) is 0 Å². The molecule has 8 nitrogen and oxygen atoms in total. The van der Waals surface area contributed by atoms with E-state index in [-0.39, 0.29) is 31.4 Å². The second-order valence-electron chi connectivity index (χ2n) is 5.15. The van der Waals surface area contributed by atoms with Crippen molar-refractivity contribution in [2.24, 2.45) is 0 Å². The van der Waals surface area contributed by atoms with Crippen LogP contribution in [0.4, 0.5) is 5.69 Å². The first-order chi connectivity index (χ1) is 11.5. The monoisotopic (exact) mass is 387 g/mol. The summed E-state index contributed by atoms with van der Waals surface area (Å²) < 4.78 is 1.51. The number of amides is 1. The van der Waals surface area contributed by atoms with Crippen LogP contribution in [0.1, 0.15) is 13.3 Å². The number of hydrogen-bond acceptors (Lipinski definition) is 5. The molecule has 2 aromatic rings. The highest BCUT2D eigenvalue weighted by Gasteiger charge is 2.15. The maximum absolute atomic E-state index is 12.3. The molecule has 1 aromatic carbocycles. The summed E-state index contributed by atoms with van der Waals surface area (Å²) in [6.07, 6.45) is 3.64. The Morgan fingerprint density at radius 3 is 2.72 bits per heavy atom. The highest BCUT2D eigenvalue weighted by atomic mass is 35.5. The van der Waals surface area contributed by atoms with Crippen molar-refractivity contribution in [3.63, 3.8) is 0 Å². The van der Waals surface area contributed by atoms with Crippen LogP contribution in [0.2, 0.25) is 5.02 Å². The molecule has 1 heterocycles. The van der Waals surface area contributed by atoms with Gasteiger partial charge in [0, 0.05) is 5.02 Å². The number of anilines is 1. The topological polar surface area (TPSA) is 100 Å². The van der Waals surface area contributed by atoms with Crippen molar-refractivity contribution in [2.75, 3.05) is 25.0 Å². The van der Waals surface area contributed by atoms with Crippen LogP contribution in [0.15, 0.2) is 30.9 Å². The molecule has 0 bridgehead atoms. The van der Waals surface area contributed by atoms with Crippen molar-refractivity contribution in [3.8, 4) is 5.69 Å². The minimum atomic E-state index is -0.970. The maximum Gasteiger partial charge on any atom is 0.317 e. The Labute approximate surface area is 156 Å². The van der Waals surface area contributed by atoms with Gasteiger partial charge in [-0.2, -0.15) is 5.10 Å². The van der Waals surface area contributed by atoms with Crippen molar-refractivity contribution < 1.29 is 14.7 Å². The molecule has 0 fully saturated rings. The molecule has 136 valence electrons. The molecule has 1 aromatic heterocycles. The van der Waals surface area contributed by atoms with E-state index in [1.807, 2.05) is 6.92 Å². The Hall–Kier alpha value is -2.16. The van der Waals surface area contributed by atoms with Crippen LogP contribution in [0.3, 0.4) is 0 Å². The van der Waals surface area contributed by atoms with Crippen molar-refractivity contribution in [2.45, 2.75) is 13.3 Å². The Balaban J connectivity index is 0.00000312. The summed E-state index contributed by atoms with van der Waals surface area (Å²) in [6, 6.07) is 5.01. The van der Waals surface area contributed by atoms with E-state index in [4.69, 9.17) is 16.7 Å². The van der Waals surface area contributed by atoms with E-state index in [0.29, 0.717) is 22.9 Å². The van der Waals surface area contributed by atoms with Gasteiger partial charge < -0.3 is 10.4 Å². The van der Waals surface area contributed by atoms with Crippen LogP contribution in [0.5, 0.6) is 0 Å². The van der Waals surface area contributed by atoms with E-state index in [9.17, 15) is 9.59 Å².